The molecule has 0 aromatic heterocycles. The number of carbonyl (C=O) groups is 1. The van der Waals surface area contributed by atoms with Crippen LogP contribution in [-0.4, -0.2) is 16.2 Å². The number of benzene rings is 1. The van der Waals surface area contributed by atoms with Gasteiger partial charge in [-0.25, -0.2) is 13.6 Å². The quantitative estimate of drug-likeness (QED) is 0.766. The minimum absolute atomic E-state index is 0.547. The van der Waals surface area contributed by atoms with E-state index >= 15 is 0 Å². The Hall–Kier alpha value is -2.00. The van der Waals surface area contributed by atoms with E-state index in [9.17, 15) is 13.6 Å². The van der Waals surface area contributed by atoms with Crippen molar-refractivity contribution >= 4 is 5.97 Å². The van der Waals surface area contributed by atoms with Gasteiger partial charge in [0.05, 0.1) is 5.56 Å². The van der Waals surface area contributed by atoms with E-state index in [2.05, 4.69) is 0 Å². The average Bonchev–Trinajstić information content (AvgIpc) is 2.21. The van der Waals surface area contributed by atoms with Gasteiger partial charge in [0, 0.05) is 5.56 Å². The van der Waals surface area contributed by atoms with Crippen molar-refractivity contribution in [2.24, 2.45) is 0 Å². The van der Waals surface area contributed by atoms with Crippen LogP contribution in [0, 0.1) is 23.0 Å². The largest absolute Gasteiger partial charge is 0.479 e. The monoisotopic (exact) mass is 213 g/mol. The molecule has 2 N–H and O–H groups in total. The van der Waals surface area contributed by atoms with E-state index < -0.39 is 34.8 Å². The van der Waals surface area contributed by atoms with Gasteiger partial charge in [0.15, 0.2) is 17.7 Å². The number of aliphatic hydroxyl groups is 1. The first-order chi connectivity index (χ1) is 6.99. The number of nitrogens with zero attached hydrogens (tertiary/aromatic N) is 1. The molecule has 0 amide bonds. The first-order valence-electron chi connectivity index (χ1n) is 3.78. The van der Waals surface area contributed by atoms with Gasteiger partial charge in [-0.1, -0.05) is 6.07 Å². The van der Waals surface area contributed by atoms with Crippen molar-refractivity contribution in [1.82, 2.24) is 0 Å². The molecule has 1 aromatic rings. The van der Waals surface area contributed by atoms with E-state index in [1.165, 1.54) is 6.07 Å². The lowest BCUT2D eigenvalue weighted by Gasteiger charge is -2.07. The molecule has 1 unspecified atom stereocenters. The second kappa shape index (κ2) is 4.02. The molecule has 0 heterocycles. The smallest absolute Gasteiger partial charge is 0.337 e. The summed E-state index contributed by atoms with van der Waals surface area (Å²) < 4.78 is 26.1. The topological polar surface area (TPSA) is 81.3 Å². The SMILES string of the molecule is N#Cc1ccc(C(O)C(=O)O)c(F)c1F. The van der Waals surface area contributed by atoms with Crippen molar-refractivity contribution in [1.29, 1.82) is 5.26 Å². The Morgan fingerprint density at radius 2 is 2.00 bits per heavy atom. The van der Waals surface area contributed by atoms with Crippen molar-refractivity contribution < 1.29 is 23.8 Å². The van der Waals surface area contributed by atoms with Crippen LogP contribution in [0.5, 0.6) is 0 Å². The Morgan fingerprint density at radius 1 is 1.40 bits per heavy atom. The van der Waals surface area contributed by atoms with Crippen LogP contribution in [0.25, 0.3) is 0 Å². The Morgan fingerprint density at radius 3 is 2.47 bits per heavy atom. The molecule has 1 aromatic carbocycles. The van der Waals surface area contributed by atoms with E-state index in [0.717, 1.165) is 12.1 Å². The summed E-state index contributed by atoms with van der Waals surface area (Å²) in [5.41, 5.74) is -1.26. The summed E-state index contributed by atoms with van der Waals surface area (Å²) >= 11 is 0. The van der Waals surface area contributed by atoms with Gasteiger partial charge in [-0.05, 0) is 6.07 Å². The maximum Gasteiger partial charge on any atom is 0.337 e. The van der Waals surface area contributed by atoms with Crippen molar-refractivity contribution in [2.45, 2.75) is 6.10 Å². The average molecular weight is 213 g/mol. The van der Waals surface area contributed by atoms with Gasteiger partial charge in [-0.15, -0.1) is 0 Å². The lowest BCUT2D eigenvalue weighted by Crippen LogP contribution is -2.13. The second-order valence-electron chi connectivity index (χ2n) is 2.68. The standard InChI is InChI=1S/C9H5F2NO3/c10-6-4(3-12)1-2-5(7(6)11)8(13)9(14)15/h1-2,8,13H,(H,14,15). The first kappa shape index (κ1) is 11.1. The first-order valence-corrected chi connectivity index (χ1v) is 3.78. The molecule has 4 nitrogen and oxygen atoms in total. The number of hydrogen-bond acceptors (Lipinski definition) is 3. The highest BCUT2D eigenvalue weighted by atomic mass is 19.2. The van der Waals surface area contributed by atoms with Gasteiger partial charge in [0.2, 0.25) is 0 Å². The molecule has 0 radical (unpaired) electrons. The maximum atomic E-state index is 13.1. The number of aliphatic carboxylic acids is 1. The van der Waals surface area contributed by atoms with Crippen LogP contribution in [0.4, 0.5) is 8.78 Å². The number of rotatable bonds is 2. The number of carboxylic acids is 1. The Balaban J connectivity index is 3.31. The molecule has 15 heavy (non-hydrogen) atoms. The molecular formula is C9H5F2NO3. The summed E-state index contributed by atoms with van der Waals surface area (Å²) in [5.74, 6) is -4.68. The number of halogens is 2. The molecule has 0 saturated heterocycles. The predicted octanol–water partition coefficient (Wildman–Crippen LogP) is 0.954. The van der Waals surface area contributed by atoms with Crippen LogP contribution in [0.3, 0.4) is 0 Å². The highest BCUT2D eigenvalue weighted by molar-refractivity contribution is 5.74. The van der Waals surface area contributed by atoms with Gasteiger partial charge < -0.3 is 10.2 Å². The molecular weight excluding hydrogens is 208 g/mol. The maximum absolute atomic E-state index is 13.1. The number of hydrogen-bond donors (Lipinski definition) is 2. The Bertz CT molecular complexity index is 453. The predicted molar refractivity (Wildman–Crippen MR) is 43.7 cm³/mol. The molecule has 0 fully saturated rings. The molecule has 0 spiro atoms. The molecule has 6 heteroatoms. The Kier molecular flexibility index (Phi) is 2.97. The van der Waals surface area contributed by atoms with E-state index in [0.29, 0.717) is 0 Å². The van der Waals surface area contributed by atoms with Gasteiger partial charge >= 0.3 is 5.97 Å². The van der Waals surface area contributed by atoms with Gasteiger partial charge in [-0.3, -0.25) is 0 Å². The molecule has 1 atom stereocenters. The fourth-order valence-electron chi connectivity index (χ4n) is 0.995. The summed E-state index contributed by atoms with van der Waals surface area (Å²) in [7, 11) is 0. The van der Waals surface area contributed by atoms with Crippen LogP contribution in [0.2, 0.25) is 0 Å². The fraction of sp³-hybridized carbons (Fsp3) is 0.111. The minimum atomic E-state index is -2.15. The van der Waals surface area contributed by atoms with E-state index in [-0.39, 0.29) is 0 Å². The van der Waals surface area contributed by atoms with E-state index in [1.807, 2.05) is 0 Å². The molecule has 0 aliphatic heterocycles. The fourth-order valence-corrected chi connectivity index (χ4v) is 0.995. The third kappa shape index (κ3) is 1.92. The highest BCUT2D eigenvalue weighted by Gasteiger charge is 2.23. The lowest BCUT2D eigenvalue weighted by atomic mass is 10.1. The summed E-state index contributed by atoms with van der Waals surface area (Å²) in [5, 5.41) is 25.7. The number of nitriles is 1. The minimum Gasteiger partial charge on any atom is -0.479 e. The summed E-state index contributed by atoms with van der Waals surface area (Å²) in [6.07, 6.45) is -2.15. The van der Waals surface area contributed by atoms with Gasteiger partial charge in [-0.2, -0.15) is 5.26 Å². The highest BCUT2D eigenvalue weighted by Crippen LogP contribution is 2.21. The third-order valence-electron chi connectivity index (χ3n) is 1.76. The van der Waals surface area contributed by atoms with Crippen LogP contribution in [0.1, 0.15) is 17.2 Å². The third-order valence-corrected chi connectivity index (χ3v) is 1.76. The van der Waals surface area contributed by atoms with Crippen molar-refractivity contribution in [3.63, 3.8) is 0 Å². The summed E-state index contributed by atoms with van der Waals surface area (Å²) in [6.45, 7) is 0. The van der Waals surface area contributed by atoms with Crippen molar-refractivity contribution in [3.8, 4) is 6.07 Å². The lowest BCUT2D eigenvalue weighted by molar-refractivity contribution is -0.147. The number of carboxylic acid groups (broad SMARTS) is 1. The zero-order valence-corrected chi connectivity index (χ0v) is 7.24. The zero-order valence-electron chi connectivity index (χ0n) is 7.24. The summed E-state index contributed by atoms with van der Waals surface area (Å²) in [4.78, 5) is 10.3. The summed E-state index contributed by atoms with van der Waals surface area (Å²) in [6, 6.07) is 3.15. The van der Waals surface area contributed by atoms with Gasteiger partial charge in [0.1, 0.15) is 6.07 Å². The molecule has 0 aliphatic carbocycles. The van der Waals surface area contributed by atoms with Crippen LogP contribution >= 0.6 is 0 Å². The molecule has 0 bridgehead atoms. The van der Waals surface area contributed by atoms with Crippen LogP contribution in [0.15, 0.2) is 12.1 Å². The van der Waals surface area contributed by atoms with Crippen LogP contribution < -0.4 is 0 Å². The molecule has 1 rings (SSSR count). The van der Waals surface area contributed by atoms with Gasteiger partial charge in [0.25, 0.3) is 0 Å². The van der Waals surface area contributed by atoms with E-state index in [4.69, 9.17) is 15.5 Å². The normalized spacial score (nSPS) is 11.9. The Labute approximate surface area is 83.0 Å². The second-order valence-corrected chi connectivity index (χ2v) is 2.68. The number of aliphatic hydroxyl groups excluding tert-OH is 1. The van der Waals surface area contributed by atoms with E-state index in [1.54, 1.807) is 0 Å². The van der Waals surface area contributed by atoms with Crippen LogP contribution in [-0.2, 0) is 4.79 Å². The van der Waals surface area contributed by atoms with Crippen molar-refractivity contribution in [2.75, 3.05) is 0 Å². The molecule has 78 valence electrons. The zero-order chi connectivity index (χ0) is 11.6. The van der Waals surface area contributed by atoms with Crippen molar-refractivity contribution in [3.05, 3.63) is 34.9 Å². The molecule has 0 aliphatic rings. The molecule has 0 saturated carbocycles.